The number of aromatic nitrogens is 2. The van der Waals surface area contributed by atoms with E-state index in [1.54, 1.807) is 12.1 Å². The van der Waals surface area contributed by atoms with Gasteiger partial charge < -0.3 is 9.64 Å². The maximum atomic E-state index is 13.1. The van der Waals surface area contributed by atoms with Gasteiger partial charge in [-0.15, -0.1) is 0 Å². The summed E-state index contributed by atoms with van der Waals surface area (Å²) < 4.78 is 5.69. The molecule has 4 rings (SSSR count). The van der Waals surface area contributed by atoms with Crippen LogP contribution < -0.4 is 4.74 Å². The number of halogens is 2. The van der Waals surface area contributed by atoms with Crippen molar-refractivity contribution in [2.24, 2.45) is 5.92 Å². The fraction of sp³-hybridized carbons (Fsp3) is 0.524. The summed E-state index contributed by atoms with van der Waals surface area (Å²) in [7, 11) is 0. The number of hydrogen-bond acceptors (Lipinski definition) is 3. The lowest BCUT2D eigenvalue weighted by Gasteiger charge is -2.31. The standard InChI is InChI=1S/C21H25Cl2N3O2/c1-12(2)28-16-9-18(22)17(19(23)10-16)8-13-5-6-26(21(13)27)15-3-4-20-14(7-15)11-24-25-20/h9-13,15H,3-8H2,1-2H3,(H,24,25). The summed E-state index contributed by atoms with van der Waals surface area (Å²) in [4.78, 5) is 15.1. The highest BCUT2D eigenvalue weighted by molar-refractivity contribution is 6.36. The largest absolute Gasteiger partial charge is 0.491 e. The van der Waals surface area contributed by atoms with E-state index in [0.717, 1.165) is 37.8 Å². The molecule has 1 aliphatic carbocycles. The molecule has 1 aromatic heterocycles. The smallest absolute Gasteiger partial charge is 0.226 e. The van der Waals surface area contributed by atoms with Gasteiger partial charge in [0.1, 0.15) is 5.75 Å². The van der Waals surface area contributed by atoms with E-state index in [1.807, 2.05) is 20.0 Å². The second-order valence-corrected chi connectivity index (χ2v) is 8.84. The highest BCUT2D eigenvalue weighted by atomic mass is 35.5. The number of nitrogens with one attached hydrogen (secondary N) is 1. The summed E-state index contributed by atoms with van der Waals surface area (Å²) >= 11 is 12.9. The summed E-state index contributed by atoms with van der Waals surface area (Å²) in [6.45, 7) is 4.71. The van der Waals surface area contributed by atoms with Crippen molar-refractivity contribution in [1.82, 2.24) is 15.1 Å². The van der Waals surface area contributed by atoms with E-state index in [1.165, 1.54) is 11.3 Å². The lowest BCUT2D eigenvalue weighted by Crippen LogP contribution is -2.41. The lowest BCUT2D eigenvalue weighted by atomic mass is 9.92. The Kier molecular flexibility index (Phi) is 5.57. The van der Waals surface area contributed by atoms with Gasteiger partial charge in [0, 0.05) is 34.2 Å². The van der Waals surface area contributed by atoms with E-state index >= 15 is 0 Å². The van der Waals surface area contributed by atoms with Crippen LogP contribution in [-0.4, -0.2) is 39.7 Å². The number of hydrogen-bond donors (Lipinski definition) is 1. The molecule has 7 heteroatoms. The number of amides is 1. The summed E-state index contributed by atoms with van der Waals surface area (Å²) in [6.07, 6.45) is 6.16. The molecule has 1 N–H and O–H groups in total. The van der Waals surface area contributed by atoms with Crippen LogP contribution in [0.3, 0.4) is 0 Å². The molecule has 1 aromatic carbocycles. The van der Waals surface area contributed by atoms with Crippen LogP contribution in [0.15, 0.2) is 18.3 Å². The number of nitrogens with zero attached hydrogens (tertiary/aromatic N) is 2. The summed E-state index contributed by atoms with van der Waals surface area (Å²) in [5.74, 6) is 0.801. The van der Waals surface area contributed by atoms with Gasteiger partial charge in [0.2, 0.25) is 5.91 Å². The Labute approximate surface area is 175 Å². The van der Waals surface area contributed by atoms with Crippen molar-refractivity contribution in [2.75, 3.05) is 6.54 Å². The fourth-order valence-electron chi connectivity index (χ4n) is 4.34. The van der Waals surface area contributed by atoms with Crippen LogP contribution in [0.4, 0.5) is 0 Å². The normalized spacial score (nSPS) is 22.0. The lowest BCUT2D eigenvalue weighted by molar-refractivity contribution is -0.133. The molecule has 0 saturated carbocycles. The predicted octanol–water partition coefficient (Wildman–Crippen LogP) is 4.45. The Balaban J connectivity index is 1.45. The molecule has 2 aliphatic rings. The molecule has 2 aromatic rings. The zero-order valence-electron chi connectivity index (χ0n) is 16.2. The van der Waals surface area contributed by atoms with Gasteiger partial charge in [0.25, 0.3) is 0 Å². The minimum absolute atomic E-state index is 0.0502. The average Bonchev–Trinajstić information content (AvgIpc) is 3.23. The topological polar surface area (TPSA) is 58.2 Å². The van der Waals surface area contributed by atoms with Crippen molar-refractivity contribution in [3.05, 3.63) is 45.2 Å². The number of rotatable bonds is 5. The zero-order chi connectivity index (χ0) is 19.8. The third-order valence-electron chi connectivity index (χ3n) is 5.72. The van der Waals surface area contributed by atoms with Gasteiger partial charge >= 0.3 is 0 Å². The van der Waals surface area contributed by atoms with Gasteiger partial charge in [0.05, 0.1) is 12.3 Å². The molecule has 2 heterocycles. The first kappa shape index (κ1) is 19.6. The molecule has 2 atom stereocenters. The third-order valence-corrected chi connectivity index (χ3v) is 6.39. The molecule has 1 aliphatic heterocycles. The van der Waals surface area contributed by atoms with Crippen LogP contribution in [0.1, 0.15) is 43.5 Å². The highest BCUT2D eigenvalue weighted by Gasteiger charge is 2.37. The second kappa shape index (κ2) is 7.96. The fourth-order valence-corrected chi connectivity index (χ4v) is 4.96. The number of H-pyrrole nitrogens is 1. The number of likely N-dealkylation sites (tertiary alicyclic amines) is 1. The van der Waals surface area contributed by atoms with Crippen LogP contribution in [0.25, 0.3) is 0 Å². The van der Waals surface area contributed by atoms with Crippen molar-refractivity contribution in [3.8, 4) is 5.75 Å². The molecule has 1 amide bonds. The van der Waals surface area contributed by atoms with Gasteiger partial charge in [-0.25, -0.2) is 0 Å². The van der Waals surface area contributed by atoms with E-state index in [4.69, 9.17) is 27.9 Å². The highest BCUT2D eigenvalue weighted by Crippen LogP contribution is 2.36. The first-order valence-corrected chi connectivity index (χ1v) is 10.6. The number of ether oxygens (including phenoxy) is 1. The van der Waals surface area contributed by atoms with Crippen molar-refractivity contribution < 1.29 is 9.53 Å². The zero-order valence-corrected chi connectivity index (χ0v) is 17.7. The Morgan fingerprint density at radius 1 is 1.29 bits per heavy atom. The van der Waals surface area contributed by atoms with Gasteiger partial charge in [-0.05, 0) is 69.2 Å². The molecular formula is C21H25Cl2N3O2. The van der Waals surface area contributed by atoms with E-state index in [-0.39, 0.29) is 24.0 Å². The number of carbonyl (C=O) groups is 1. The molecule has 1 saturated heterocycles. The Morgan fingerprint density at radius 2 is 2.04 bits per heavy atom. The summed E-state index contributed by atoms with van der Waals surface area (Å²) in [6, 6.07) is 3.85. The first-order valence-electron chi connectivity index (χ1n) is 9.88. The number of aromatic amines is 1. The SMILES string of the molecule is CC(C)Oc1cc(Cl)c(CC2CCN(C3CCc4[nH]ncc4C3)C2=O)c(Cl)c1. The van der Waals surface area contributed by atoms with Gasteiger partial charge in [-0.3, -0.25) is 9.89 Å². The van der Waals surface area contributed by atoms with Crippen molar-refractivity contribution in [3.63, 3.8) is 0 Å². The van der Waals surface area contributed by atoms with E-state index < -0.39 is 0 Å². The Morgan fingerprint density at radius 3 is 2.75 bits per heavy atom. The molecular weight excluding hydrogens is 397 g/mol. The molecule has 150 valence electrons. The van der Waals surface area contributed by atoms with Crippen LogP contribution in [0.2, 0.25) is 10.0 Å². The van der Waals surface area contributed by atoms with Gasteiger partial charge in [-0.1, -0.05) is 23.2 Å². The average molecular weight is 422 g/mol. The molecule has 2 unspecified atom stereocenters. The third kappa shape index (κ3) is 3.87. The molecule has 0 radical (unpaired) electrons. The van der Waals surface area contributed by atoms with Crippen molar-refractivity contribution >= 4 is 29.1 Å². The van der Waals surface area contributed by atoms with Crippen LogP contribution in [-0.2, 0) is 24.1 Å². The number of carbonyl (C=O) groups excluding carboxylic acids is 1. The quantitative estimate of drug-likeness (QED) is 0.775. The number of fused-ring (bicyclic) bond motifs is 1. The molecule has 5 nitrogen and oxygen atoms in total. The molecule has 0 spiro atoms. The van der Waals surface area contributed by atoms with Gasteiger partial charge in [0.15, 0.2) is 0 Å². The van der Waals surface area contributed by atoms with E-state index in [0.29, 0.717) is 22.2 Å². The number of benzene rings is 1. The Bertz CT molecular complexity index is 857. The first-order chi connectivity index (χ1) is 13.4. The van der Waals surface area contributed by atoms with Crippen molar-refractivity contribution in [1.29, 1.82) is 0 Å². The van der Waals surface area contributed by atoms with E-state index in [9.17, 15) is 4.79 Å². The van der Waals surface area contributed by atoms with Gasteiger partial charge in [-0.2, -0.15) is 5.10 Å². The van der Waals surface area contributed by atoms with Crippen molar-refractivity contribution in [2.45, 2.75) is 58.1 Å². The summed E-state index contributed by atoms with van der Waals surface area (Å²) in [5, 5.41) is 8.32. The number of aryl methyl sites for hydroxylation is 1. The second-order valence-electron chi connectivity index (χ2n) is 8.02. The van der Waals surface area contributed by atoms with Crippen LogP contribution >= 0.6 is 23.2 Å². The van der Waals surface area contributed by atoms with Crippen LogP contribution in [0, 0.1) is 5.92 Å². The minimum Gasteiger partial charge on any atom is -0.491 e. The van der Waals surface area contributed by atoms with Crippen LogP contribution in [0.5, 0.6) is 5.75 Å². The maximum Gasteiger partial charge on any atom is 0.226 e. The Hall–Kier alpha value is -1.72. The maximum absolute atomic E-state index is 13.1. The molecule has 1 fully saturated rings. The molecule has 0 bridgehead atoms. The predicted molar refractivity (Wildman–Crippen MR) is 110 cm³/mol. The summed E-state index contributed by atoms with van der Waals surface area (Å²) in [5.41, 5.74) is 3.28. The minimum atomic E-state index is -0.0717. The van der Waals surface area contributed by atoms with E-state index in [2.05, 4.69) is 15.1 Å². The molecule has 28 heavy (non-hydrogen) atoms. The monoisotopic (exact) mass is 421 g/mol.